The van der Waals surface area contributed by atoms with Crippen molar-refractivity contribution in [3.05, 3.63) is 35.4 Å². The molecule has 1 heterocycles. The first-order valence-electron chi connectivity index (χ1n) is 5.64. The Morgan fingerprint density at radius 1 is 1.33 bits per heavy atom. The number of alkyl halides is 1. The molecule has 82 valence electrons. The molecule has 1 aromatic rings. The molecule has 0 saturated carbocycles. The van der Waals surface area contributed by atoms with Crippen molar-refractivity contribution in [2.24, 2.45) is 0 Å². The maximum Gasteiger partial charge on any atom is 0.0839 e. The summed E-state index contributed by atoms with van der Waals surface area (Å²) in [4.78, 5) is 0. The summed E-state index contributed by atoms with van der Waals surface area (Å²) in [6, 6.07) is 8.68. The molecule has 2 heteroatoms. The van der Waals surface area contributed by atoms with Gasteiger partial charge in [0.1, 0.15) is 0 Å². The minimum absolute atomic E-state index is 0.201. The van der Waals surface area contributed by atoms with Crippen molar-refractivity contribution < 1.29 is 4.74 Å². The number of rotatable bonds is 2. The summed E-state index contributed by atoms with van der Waals surface area (Å²) in [6.07, 6.45) is 3.20. The van der Waals surface area contributed by atoms with Crippen LogP contribution in [0.3, 0.4) is 0 Å². The van der Waals surface area contributed by atoms with E-state index in [1.165, 1.54) is 11.1 Å². The zero-order chi connectivity index (χ0) is 10.7. The second kappa shape index (κ2) is 5.00. The van der Waals surface area contributed by atoms with Crippen molar-refractivity contribution in [1.29, 1.82) is 0 Å². The van der Waals surface area contributed by atoms with Crippen molar-refractivity contribution >= 4 is 11.6 Å². The van der Waals surface area contributed by atoms with Gasteiger partial charge in [0.2, 0.25) is 0 Å². The van der Waals surface area contributed by atoms with Crippen molar-refractivity contribution in [3.63, 3.8) is 0 Å². The van der Waals surface area contributed by atoms with Crippen LogP contribution < -0.4 is 0 Å². The van der Waals surface area contributed by atoms with Gasteiger partial charge < -0.3 is 4.74 Å². The van der Waals surface area contributed by atoms with Crippen molar-refractivity contribution in [3.8, 4) is 0 Å². The van der Waals surface area contributed by atoms with E-state index in [2.05, 4.69) is 31.2 Å². The summed E-state index contributed by atoms with van der Waals surface area (Å²) in [6.45, 7) is 2.95. The molecule has 15 heavy (non-hydrogen) atoms. The first kappa shape index (κ1) is 11.0. The first-order chi connectivity index (χ1) is 7.29. The Morgan fingerprint density at radius 3 is 2.67 bits per heavy atom. The summed E-state index contributed by atoms with van der Waals surface area (Å²) < 4.78 is 5.72. The molecule has 0 amide bonds. The molecule has 0 aromatic heterocycles. The summed E-state index contributed by atoms with van der Waals surface area (Å²) in [7, 11) is 0. The van der Waals surface area contributed by atoms with Gasteiger partial charge in [-0.3, -0.25) is 0 Å². The van der Waals surface area contributed by atoms with Crippen LogP contribution in [0.2, 0.25) is 0 Å². The highest BCUT2D eigenvalue weighted by atomic mass is 35.5. The quantitative estimate of drug-likeness (QED) is 0.696. The van der Waals surface area contributed by atoms with E-state index in [4.69, 9.17) is 16.3 Å². The first-order valence-corrected chi connectivity index (χ1v) is 6.07. The maximum absolute atomic E-state index is 6.14. The Kier molecular flexibility index (Phi) is 3.66. The van der Waals surface area contributed by atoms with Crippen LogP contribution in [-0.2, 0) is 11.2 Å². The van der Waals surface area contributed by atoms with E-state index in [1.807, 2.05) is 0 Å². The molecule has 1 saturated heterocycles. The maximum atomic E-state index is 6.14. The summed E-state index contributed by atoms with van der Waals surface area (Å²) in [5.41, 5.74) is 2.63. The largest absolute Gasteiger partial charge is 0.373 e. The van der Waals surface area contributed by atoms with Gasteiger partial charge in [0.15, 0.2) is 0 Å². The molecule has 0 radical (unpaired) electrons. The highest BCUT2D eigenvalue weighted by Gasteiger charge is 2.21. The molecule has 0 N–H and O–H groups in total. The average molecular weight is 225 g/mol. The van der Waals surface area contributed by atoms with Crippen LogP contribution in [0.25, 0.3) is 0 Å². The van der Waals surface area contributed by atoms with E-state index >= 15 is 0 Å². The zero-order valence-electron chi connectivity index (χ0n) is 9.08. The lowest BCUT2D eigenvalue weighted by atomic mass is 9.99. The Labute approximate surface area is 96.4 Å². The molecule has 2 unspecified atom stereocenters. The highest BCUT2D eigenvalue weighted by molar-refractivity contribution is 6.20. The van der Waals surface area contributed by atoms with Gasteiger partial charge in [-0.25, -0.2) is 0 Å². The molecule has 2 atom stereocenters. The third kappa shape index (κ3) is 2.73. The molecule has 0 bridgehead atoms. The van der Waals surface area contributed by atoms with Gasteiger partial charge in [0, 0.05) is 12.0 Å². The average Bonchev–Trinajstić information content (AvgIpc) is 2.29. The third-order valence-electron chi connectivity index (χ3n) is 2.98. The Balaban J connectivity index is 2.07. The summed E-state index contributed by atoms with van der Waals surface area (Å²) in [5, 5.41) is 0.273. The van der Waals surface area contributed by atoms with Crippen LogP contribution in [0.4, 0.5) is 0 Å². The van der Waals surface area contributed by atoms with E-state index in [0.29, 0.717) is 0 Å². The van der Waals surface area contributed by atoms with Gasteiger partial charge in [-0.15, -0.1) is 11.6 Å². The number of hydrogen-bond acceptors (Lipinski definition) is 1. The summed E-state index contributed by atoms with van der Waals surface area (Å²) in [5.74, 6) is 0. The van der Waals surface area contributed by atoms with Crippen LogP contribution >= 0.6 is 11.6 Å². The van der Waals surface area contributed by atoms with E-state index in [9.17, 15) is 0 Å². The Hall–Kier alpha value is -0.530. The molecule has 1 aromatic carbocycles. The second-order valence-electron chi connectivity index (χ2n) is 4.08. The fourth-order valence-electron chi connectivity index (χ4n) is 1.96. The molecular weight excluding hydrogens is 208 g/mol. The molecule has 2 rings (SSSR count). The van der Waals surface area contributed by atoms with Gasteiger partial charge in [0.25, 0.3) is 0 Å². The van der Waals surface area contributed by atoms with Crippen molar-refractivity contribution in [1.82, 2.24) is 0 Å². The van der Waals surface area contributed by atoms with Crippen LogP contribution in [0.5, 0.6) is 0 Å². The topological polar surface area (TPSA) is 9.23 Å². The van der Waals surface area contributed by atoms with Gasteiger partial charge in [-0.1, -0.05) is 31.2 Å². The molecular formula is C13H17ClO. The molecule has 1 nitrogen and oxygen atoms in total. The zero-order valence-corrected chi connectivity index (χ0v) is 9.83. The van der Waals surface area contributed by atoms with E-state index in [1.54, 1.807) is 0 Å². The molecule has 1 aliphatic heterocycles. The normalized spacial score (nSPS) is 26.5. The van der Waals surface area contributed by atoms with E-state index in [-0.39, 0.29) is 11.5 Å². The standard InChI is InChI=1S/C13H17ClO/c1-2-10-3-5-11(6-4-10)13-9-12(14)7-8-15-13/h3-6,12-13H,2,7-9H2,1H3. The predicted octanol–water partition coefficient (Wildman–Crippen LogP) is 3.71. The number of ether oxygens (including phenoxy) is 1. The lowest BCUT2D eigenvalue weighted by molar-refractivity contribution is 0.0169. The minimum atomic E-state index is 0.201. The summed E-state index contributed by atoms with van der Waals surface area (Å²) >= 11 is 6.14. The molecule has 1 fully saturated rings. The van der Waals surface area contributed by atoms with Gasteiger partial charge >= 0.3 is 0 Å². The highest BCUT2D eigenvalue weighted by Crippen LogP contribution is 2.30. The number of aryl methyl sites for hydroxylation is 1. The van der Waals surface area contributed by atoms with Crippen LogP contribution in [0, 0.1) is 0 Å². The van der Waals surface area contributed by atoms with Gasteiger partial charge in [-0.2, -0.15) is 0 Å². The Morgan fingerprint density at radius 2 is 2.07 bits per heavy atom. The second-order valence-corrected chi connectivity index (χ2v) is 4.69. The van der Waals surface area contributed by atoms with Crippen molar-refractivity contribution in [2.75, 3.05) is 6.61 Å². The van der Waals surface area contributed by atoms with Crippen molar-refractivity contribution in [2.45, 2.75) is 37.7 Å². The van der Waals surface area contributed by atoms with Gasteiger partial charge in [-0.05, 0) is 30.4 Å². The number of benzene rings is 1. The smallest absolute Gasteiger partial charge is 0.0839 e. The van der Waals surface area contributed by atoms with E-state index in [0.717, 1.165) is 25.9 Å². The lowest BCUT2D eigenvalue weighted by Gasteiger charge is -2.26. The number of hydrogen-bond donors (Lipinski definition) is 0. The SMILES string of the molecule is CCc1ccc(C2CC(Cl)CCO2)cc1. The fourth-order valence-corrected chi connectivity index (χ4v) is 2.21. The van der Waals surface area contributed by atoms with Crippen LogP contribution in [0.15, 0.2) is 24.3 Å². The Bertz CT molecular complexity index is 307. The molecule has 1 aliphatic rings. The fraction of sp³-hybridized carbons (Fsp3) is 0.538. The lowest BCUT2D eigenvalue weighted by Crippen LogP contribution is -2.19. The van der Waals surface area contributed by atoms with Gasteiger partial charge in [0.05, 0.1) is 6.10 Å². The molecule has 0 aliphatic carbocycles. The van der Waals surface area contributed by atoms with Crippen LogP contribution in [0.1, 0.15) is 37.0 Å². The van der Waals surface area contributed by atoms with Crippen LogP contribution in [-0.4, -0.2) is 12.0 Å². The minimum Gasteiger partial charge on any atom is -0.373 e. The van der Waals surface area contributed by atoms with E-state index < -0.39 is 0 Å². The monoisotopic (exact) mass is 224 g/mol. The third-order valence-corrected chi connectivity index (χ3v) is 3.38. The molecule has 0 spiro atoms. The number of halogens is 1. The predicted molar refractivity (Wildman–Crippen MR) is 63.4 cm³/mol.